The Morgan fingerprint density at radius 1 is 1.50 bits per heavy atom. The van der Waals surface area contributed by atoms with Gasteiger partial charge in [-0.05, 0) is 6.42 Å². The van der Waals surface area contributed by atoms with Crippen LogP contribution in [0.2, 0.25) is 0 Å². The van der Waals surface area contributed by atoms with Gasteiger partial charge in [0.2, 0.25) is 0 Å². The second kappa shape index (κ2) is 3.11. The van der Waals surface area contributed by atoms with Crippen LogP contribution in [0.3, 0.4) is 0 Å². The summed E-state index contributed by atoms with van der Waals surface area (Å²) in [6.45, 7) is 3.06. The molecule has 0 aliphatic carbocycles. The summed E-state index contributed by atoms with van der Waals surface area (Å²) in [4.78, 5) is 0. The van der Waals surface area contributed by atoms with Crippen LogP contribution in [-0.2, 0) is 4.74 Å². The second-order valence-corrected chi connectivity index (χ2v) is 4.32. The van der Waals surface area contributed by atoms with Crippen LogP contribution in [0.5, 0.6) is 0 Å². The molecule has 2 saturated heterocycles. The average molecular weight is 159 g/mol. The zero-order valence-electron chi connectivity index (χ0n) is 6.01. The molecule has 1 N–H and O–H groups in total. The minimum atomic E-state index is 0.651. The van der Waals surface area contributed by atoms with E-state index in [-0.39, 0.29) is 0 Å². The molecule has 0 spiro atoms. The predicted octanol–water partition coefficient (Wildman–Crippen LogP) is 0.480. The van der Waals surface area contributed by atoms with Crippen molar-refractivity contribution in [3.05, 3.63) is 0 Å². The van der Waals surface area contributed by atoms with E-state index >= 15 is 0 Å². The molecule has 2 rings (SSSR count). The van der Waals surface area contributed by atoms with Gasteiger partial charge in [-0.2, -0.15) is 11.8 Å². The summed E-state index contributed by atoms with van der Waals surface area (Å²) in [7, 11) is 0. The molecule has 2 aliphatic rings. The SMILES string of the molecule is C1CSC2CNC(CO1)C2. The van der Waals surface area contributed by atoms with Gasteiger partial charge >= 0.3 is 0 Å². The summed E-state index contributed by atoms with van der Waals surface area (Å²) >= 11 is 2.05. The fraction of sp³-hybridized carbons (Fsp3) is 1.00. The van der Waals surface area contributed by atoms with Crippen LogP contribution in [-0.4, -0.2) is 36.8 Å². The van der Waals surface area contributed by atoms with Crippen LogP contribution in [0.15, 0.2) is 0 Å². The van der Waals surface area contributed by atoms with Crippen LogP contribution in [0, 0.1) is 0 Å². The van der Waals surface area contributed by atoms with Crippen molar-refractivity contribution in [1.82, 2.24) is 5.32 Å². The highest BCUT2D eigenvalue weighted by molar-refractivity contribution is 7.99. The molecule has 0 aromatic carbocycles. The molecule has 2 atom stereocenters. The van der Waals surface area contributed by atoms with Gasteiger partial charge in [0.05, 0.1) is 13.2 Å². The normalized spacial score (nSPS) is 40.8. The van der Waals surface area contributed by atoms with Gasteiger partial charge in [0.25, 0.3) is 0 Å². The zero-order chi connectivity index (χ0) is 6.81. The molecule has 2 unspecified atom stereocenters. The molecule has 0 saturated carbocycles. The Morgan fingerprint density at radius 2 is 2.50 bits per heavy atom. The quantitative estimate of drug-likeness (QED) is 0.555. The van der Waals surface area contributed by atoms with Crippen molar-refractivity contribution in [2.24, 2.45) is 0 Å². The van der Waals surface area contributed by atoms with Crippen LogP contribution in [0.25, 0.3) is 0 Å². The summed E-state index contributed by atoms with van der Waals surface area (Å²) in [5.74, 6) is 1.18. The molecule has 3 heteroatoms. The van der Waals surface area contributed by atoms with E-state index in [0.29, 0.717) is 6.04 Å². The first kappa shape index (κ1) is 6.95. The Kier molecular flexibility index (Phi) is 2.16. The highest BCUT2D eigenvalue weighted by atomic mass is 32.2. The van der Waals surface area contributed by atoms with E-state index in [9.17, 15) is 0 Å². The molecule has 58 valence electrons. The first-order valence-electron chi connectivity index (χ1n) is 3.88. The van der Waals surface area contributed by atoms with Gasteiger partial charge in [0, 0.05) is 23.6 Å². The number of thioether (sulfide) groups is 1. The molecule has 2 fully saturated rings. The van der Waals surface area contributed by atoms with E-state index < -0.39 is 0 Å². The summed E-state index contributed by atoms with van der Waals surface area (Å²) in [5, 5.41) is 4.32. The van der Waals surface area contributed by atoms with Crippen LogP contribution < -0.4 is 5.32 Å². The zero-order valence-corrected chi connectivity index (χ0v) is 6.82. The summed E-state index contributed by atoms with van der Waals surface area (Å²) in [5.41, 5.74) is 0. The van der Waals surface area contributed by atoms with E-state index in [1.807, 2.05) is 0 Å². The van der Waals surface area contributed by atoms with Gasteiger partial charge < -0.3 is 10.1 Å². The van der Waals surface area contributed by atoms with E-state index in [1.54, 1.807) is 0 Å². The largest absolute Gasteiger partial charge is 0.379 e. The van der Waals surface area contributed by atoms with Crippen molar-refractivity contribution in [2.75, 3.05) is 25.5 Å². The molecule has 2 heterocycles. The molecular formula is C7H13NOS. The van der Waals surface area contributed by atoms with Crippen molar-refractivity contribution >= 4 is 11.8 Å². The Hall–Kier alpha value is 0.270. The maximum absolute atomic E-state index is 5.42. The molecule has 0 amide bonds. The third-order valence-corrected chi connectivity index (χ3v) is 3.31. The molecule has 10 heavy (non-hydrogen) atoms. The van der Waals surface area contributed by atoms with E-state index in [4.69, 9.17) is 4.74 Å². The van der Waals surface area contributed by atoms with Crippen molar-refractivity contribution in [3.63, 3.8) is 0 Å². The number of nitrogens with one attached hydrogen (secondary N) is 1. The van der Waals surface area contributed by atoms with Gasteiger partial charge in [-0.15, -0.1) is 0 Å². The Balaban J connectivity index is 1.91. The van der Waals surface area contributed by atoms with E-state index in [1.165, 1.54) is 18.7 Å². The maximum Gasteiger partial charge on any atom is 0.0620 e. The first-order valence-corrected chi connectivity index (χ1v) is 4.93. The lowest BCUT2D eigenvalue weighted by molar-refractivity contribution is 0.129. The van der Waals surface area contributed by atoms with E-state index in [2.05, 4.69) is 17.1 Å². The Bertz CT molecular complexity index is 108. The minimum Gasteiger partial charge on any atom is -0.379 e. The third-order valence-electron chi connectivity index (χ3n) is 2.08. The van der Waals surface area contributed by atoms with Gasteiger partial charge in [0.1, 0.15) is 0 Å². The first-order chi connectivity index (χ1) is 4.95. The van der Waals surface area contributed by atoms with Crippen LogP contribution in [0.1, 0.15) is 6.42 Å². The lowest BCUT2D eigenvalue weighted by atomic mass is 10.2. The standard InChI is InChI=1S/C7H13NOS/c1-2-10-7-3-6(5-9-1)8-4-7/h6-8H,1-5H2. The fourth-order valence-electron chi connectivity index (χ4n) is 1.54. The third kappa shape index (κ3) is 1.47. The lowest BCUT2D eigenvalue weighted by Gasteiger charge is -2.14. The van der Waals surface area contributed by atoms with Crippen LogP contribution in [0.4, 0.5) is 0 Å². The topological polar surface area (TPSA) is 21.3 Å². The van der Waals surface area contributed by atoms with E-state index in [0.717, 1.165) is 18.5 Å². The molecule has 0 aromatic heterocycles. The van der Waals surface area contributed by atoms with Gasteiger partial charge in [-0.3, -0.25) is 0 Å². The molecule has 2 bridgehead atoms. The number of ether oxygens (including phenoxy) is 1. The number of fused-ring (bicyclic) bond motifs is 2. The monoisotopic (exact) mass is 159 g/mol. The highest BCUT2D eigenvalue weighted by Crippen LogP contribution is 2.22. The number of hydrogen-bond donors (Lipinski definition) is 1. The molecule has 2 aliphatic heterocycles. The number of rotatable bonds is 0. The lowest BCUT2D eigenvalue weighted by Crippen LogP contribution is -2.27. The number of hydrogen-bond acceptors (Lipinski definition) is 3. The fourth-order valence-corrected chi connectivity index (χ4v) is 2.67. The van der Waals surface area contributed by atoms with Gasteiger partial charge in [-0.25, -0.2) is 0 Å². The molecule has 2 nitrogen and oxygen atoms in total. The Morgan fingerprint density at radius 3 is 3.50 bits per heavy atom. The van der Waals surface area contributed by atoms with Gasteiger partial charge in [0.15, 0.2) is 0 Å². The predicted molar refractivity (Wildman–Crippen MR) is 43.5 cm³/mol. The highest BCUT2D eigenvalue weighted by Gasteiger charge is 2.25. The minimum absolute atomic E-state index is 0.651. The summed E-state index contributed by atoms with van der Waals surface area (Å²) in [6, 6.07) is 0.651. The molecule has 0 aromatic rings. The Labute approximate surface area is 65.7 Å². The second-order valence-electron chi connectivity index (χ2n) is 2.91. The van der Waals surface area contributed by atoms with Crippen molar-refractivity contribution in [1.29, 1.82) is 0 Å². The average Bonchev–Trinajstić information content (AvgIpc) is 2.30. The van der Waals surface area contributed by atoms with Gasteiger partial charge in [-0.1, -0.05) is 0 Å². The van der Waals surface area contributed by atoms with Crippen molar-refractivity contribution in [3.8, 4) is 0 Å². The smallest absolute Gasteiger partial charge is 0.0620 e. The summed E-state index contributed by atoms with van der Waals surface area (Å²) < 4.78 is 5.42. The summed E-state index contributed by atoms with van der Waals surface area (Å²) in [6.07, 6.45) is 1.31. The molecule has 0 radical (unpaired) electrons. The molecular weight excluding hydrogens is 146 g/mol. The maximum atomic E-state index is 5.42. The van der Waals surface area contributed by atoms with Crippen molar-refractivity contribution < 1.29 is 4.74 Å². The van der Waals surface area contributed by atoms with Crippen LogP contribution >= 0.6 is 11.8 Å². The van der Waals surface area contributed by atoms with Crippen molar-refractivity contribution in [2.45, 2.75) is 17.7 Å².